The van der Waals surface area contributed by atoms with E-state index in [1.807, 2.05) is 0 Å². The molecule has 2 aliphatic carbocycles. The molecular formula is C30H38Cl2Si2Zr. The molecule has 0 radical (unpaired) electrons. The topological polar surface area (TPSA) is 0 Å². The Labute approximate surface area is 247 Å². The van der Waals surface area contributed by atoms with Gasteiger partial charge in [0.1, 0.15) is 0 Å². The summed E-state index contributed by atoms with van der Waals surface area (Å²) < 4.78 is 0. The third kappa shape index (κ3) is 5.96. The predicted octanol–water partition coefficient (Wildman–Crippen LogP) is 2.81. The van der Waals surface area contributed by atoms with Gasteiger partial charge in [-0.05, 0) is 0 Å². The molecular weight excluding hydrogens is 579 g/mol. The number of fused-ring (bicyclic) bond motifs is 2. The number of hydrogen-bond donors (Lipinski definition) is 0. The molecule has 2 aromatic carbocycles. The molecule has 2 atom stereocenters. The molecule has 0 aromatic heterocycles. The Hall–Kier alpha value is -0.183. The van der Waals surface area contributed by atoms with Crippen LogP contribution >= 0.6 is 0 Å². The molecule has 2 aromatic rings. The van der Waals surface area contributed by atoms with Crippen molar-refractivity contribution >= 4 is 28.3 Å². The second kappa shape index (κ2) is 13.6. The fourth-order valence-electron chi connectivity index (χ4n) is 6.97. The van der Waals surface area contributed by atoms with E-state index in [-0.39, 0.29) is 51.0 Å². The van der Waals surface area contributed by atoms with Gasteiger partial charge >= 0.3 is 26.2 Å². The van der Waals surface area contributed by atoms with Gasteiger partial charge in [0, 0.05) is 16.1 Å². The van der Waals surface area contributed by atoms with Gasteiger partial charge in [-0.15, -0.1) is 23.3 Å². The Morgan fingerprint density at radius 3 is 1.34 bits per heavy atom. The van der Waals surface area contributed by atoms with E-state index in [9.17, 15) is 0 Å². The average molecular weight is 617 g/mol. The van der Waals surface area contributed by atoms with E-state index in [2.05, 4.69) is 86.7 Å². The monoisotopic (exact) mass is 614 g/mol. The molecule has 0 N–H and O–H groups in total. The third-order valence-corrected chi connectivity index (χ3v) is 20.6. The minimum Gasteiger partial charge on any atom is -1.00 e. The van der Waals surface area contributed by atoms with Crippen molar-refractivity contribution in [2.24, 2.45) is 0 Å². The van der Waals surface area contributed by atoms with E-state index in [0.717, 1.165) is 11.1 Å². The normalized spacial score (nSPS) is 23.0. The number of benzene rings is 2. The molecule has 2 heterocycles. The van der Waals surface area contributed by atoms with Gasteiger partial charge in [-0.1, -0.05) is 123 Å². The Bertz CT molecular complexity index is 929. The molecule has 4 aliphatic rings. The van der Waals surface area contributed by atoms with Crippen LogP contribution in [0.2, 0.25) is 36.3 Å². The van der Waals surface area contributed by atoms with Crippen LogP contribution in [0.25, 0.3) is 12.2 Å². The molecule has 5 heteroatoms. The molecule has 184 valence electrons. The van der Waals surface area contributed by atoms with Gasteiger partial charge in [-0.2, -0.15) is 11.1 Å². The van der Waals surface area contributed by atoms with Crippen molar-refractivity contribution in [1.29, 1.82) is 0 Å². The van der Waals surface area contributed by atoms with Gasteiger partial charge in [-0.3, -0.25) is 12.2 Å². The summed E-state index contributed by atoms with van der Waals surface area (Å²) in [7, 11) is -2.01. The van der Waals surface area contributed by atoms with Crippen molar-refractivity contribution in [2.75, 3.05) is 0 Å². The van der Waals surface area contributed by atoms with Crippen molar-refractivity contribution in [1.82, 2.24) is 0 Å². The summed E-state index contributed by atoms with van der Waals surface area (Å²) in [6.07, 6.45) is 17.5. The molecule has 35 heavy (non-hydrogen) atoms. The van der Waals surface area contributed by atoms with E-state index >= 15 is 0 Å². The summed E-state index contributed by atoms with van der Waals surface area (Å²) in [6, 6.07) is 27.0. The van der Waals surface area contributed by atoms with Crippen molar-refractivity contribution in [3.05, 3.63) is 82.9 Å². The fraction of sp³-hybridized carbons (Fsp3) is 0.467. The van der Waals surface area contributed by atoms with Crippen LogP contribution in [0.15, 0.2) is 48.5 Å². The maximum Gasteiger partial charge on any atom is 4.00 e. The molecule has 0 bridgehead atoms. The first-order valence-corrected chi connectivity index (χ1v) is 18.5. The predicted molar refractivity (Wildman–Crippen MR) is 144 cm³/mol. The Morgan fingerprint density at radius 1 is 0.657 bits per heavy atom. The van der Waals surface area contributed by atoms with Gasteiger partial charge in [0.05, 0.1) is 0 Å². The first-order valence-electron chi connectivity index (χ1n) is 13.1. The molecule has 0 nitrogen and oxygen atoms in total. The van der Waals surface area contributed by atoms with E-state index in [4.69, 9.17) is 0 Å². The van der Waals surface area contributed by atoms with Crippen LogP contribution in [-0.2, 0) is 26.2 Å². The quantitative estimate of drug-likeness (QED) is 0.346. The second-order valence-corrected chi connectivity index (χ2v) is 20.3. The summed E-state index contributed by atoms with van der Waals surface area (Å²) in [5.41, 5.74) is 7.48. The zero-order valence-electron chi connectivity index (χ0n) is 21.3. The summed E-state index contributed by atoms with van der Waals surface area (Å²) in [5.74, 6) is 0. The van der Waals surface area contributed by atoms with E-state index < -0.39 is 16.1 Å². The van der Waals surface area contributed by atoms with E-state index in [1.54, 1.807) is 35.3 Å². The molecule has 2 fully saturated rings. The zero-order valence-corrected chi connectivity index (χ0v) is 27.2. The molecule has 0 spiro atoms. The molecule has 2 saturated heterocycles. The minimum atomic E-state index is -1.00. The van der Waals surface area contributed by atoms with Crippen molar-refractivity contribution in [3.63, 3.8) is 0 Å². The molecule has 0 saturated carbocycles. The fourth-order valence-corrected chi connectivity index (χ4v) is 16.9. The van der Waals surface area contributed by atoms with Gasteiger partial charge in [0.25, 0.3) is 0 Å². The Kier molecular flexibility index (Phi) is 12.0. The number of hydrogen-bond acceptors (Lipinski definition) is 0. The Morgan fingerprint density at radius 2 is 1.03 bits per heavy atom. The maximum absolute atomic E-state index is 3.69. The van der Waals surface area contributed by atoms with Crippen LogP contribution in [0.1, 0.15) is 72.9 Å². The first kappa shape index (κ1) is 31.0. The van der Waals surface area contributed by atoms with Gasteiger partial charge in [-0.25, -0.2) is 12.2 Å². The third-order valence-electron chi connectivity index (χ3n) is 8.84. The zero-order chi connectivity index (χ0) is 22.0. The van der Waals surface area contributed by atoms with E-state index in [0.29, 0.717) is 0 Å². The van der Waals surface area contributed by atoms with Crippen LogP contribution in [0.3, 0.4) is 0 Å². The molecule has 2 aliphatic heterocycles. The summed E-state index contributed by atoms with van der Waals surface area (Å²) >= 11 is 0. The van der Waals surface area contributed by atoms with Crippen molar-refractivity contribution in [3.8, 4) is 0 Å². The summed E-state index contributed by atoms with van der Waals surface area (Å²) in [5, 5.41) is 0. The molecule has 2 unspecified atom stereocenters. The second-order valence-electron chi connectivity index (χ2n) is 10.7. The van der Waals surface area contributed by atoms with Crippen LogP contribution < -0.4 is 24.8 Å². The van der Waals surface area contributed by atoms with Crippen molar-refractivity contribution < 1.29 is 51.0 Å². The van der Waals surface area contributed by atoms with E-state index in [1.165, 1.54) is 48.9 Å². The van der Waals surface area contributed by atoms with Gasteiger partial charge in [0.2, 0.25) is 0 Å². The number of rotatable bonds is 6. The van der Waals surface area contributed by atoms with Gasteiger partial charge < -0.3 is 24.8 Å². The van der Waals surface area contributed by atoms with Crippen LogP contribution in [0, 0.1) is 12.2 Å². The SMILES string of the molecule is CCC[Si]1(C2[C-]=Cc3ccccc32)CCC1.CCC[Si]1(C2[C-]=Cc3ccccc32)CCC1.[Cl-].[Cl-].[Zr+4]. The maximum atomic E-state index is 3.69. The van der Waals surface area contributed by atoms with Gasteiger partial charge in [0.15, 0.2) is 0 Å². The van der Waals surface area contributed by atoms with Crippen LogP contribution in [0.4, 0.5) is 0 Å². The molecule has 0 amide bonds. The average Bonchev–Trinajstić information content (AvgIpc) is 3.39. The Balaban J connectivity index is 0.000000227. The molecule has 6 rings (SSSR count). The van der Waals surface area contributed by atoms with Crippen LogP contribution in [-0.4, -0.2) is 16.1 Å². The standard InChI is InChI=1S/2C15H19Si.2ClH.Zr/c2*1-2-10-16(11-5-12-16)15-9-8-13-6-3-4-7-14(13)15;;;/h2*3-4,6-8,15H,2,5,10-12H2,1H3;2*1H;/q2*-1;;;+4/p-2. The number of halogens is 2. The minimum absolute atomic E-state index is 0. The smallest absolute Gasteiger partial charge is 1.00 e. The summed E-state index contributed by atoms with van der Waals surface area (Å²) in [6.45, 7) is 4.69. The van der Waals surface area contributed by atoms with Crippen LogP contribution in [0.5, 0.6) is 0 Å². The van der Waals surface area contributed by atoms with Crippen molar-refractivity contribution in [2.45, 2.75) is 86.9 Å². The first-order chi connectivity index (χ1) is 15.7. The summed E-state index contributed by atoms with van der Waals surface area (Å²) in [4.78, 5) is 0. The number of allylic oxidation sites excluding steroid dienone is 2. The largest absolute Gasteiger partial charge is 4.00 e.